The Hall–Kier alpha value is -1.75. The molecule has 0 fully saturated rings. The fourth-order valence-corrected chi connectivity index (χ4v) is 2.21. The molecule has 1 aliphatic heterocycles. The minimum Gasteiger partial charge on any atom is -0.382 e. The van der Waals surface area contributed by atoms with E-state index in [0.717, 1.165) is 50.3 Å². The van der Waals surface area contributed by atoms with E-state index in [1.165, 1.54) is 0 Å². The molecule has 1 amide bonds. The lowest BCUT2D eigenvalue weighted by Crippen LogP contribution is -2.26. The molecule has 0 aliphatic carbocycles. The van der Waals surface area contributed by atoms with Gasteiger partial charge < -0.3 is 20.7 Å². The maximum atomic E-state index is 12.1. The van der Waals surface area contributed by atoms with Crippen molar-refractivity contribution in [2.75, 3.05) is 43.5 Å². The van der Waals surface area contributed by atoms with Gasteiger partial charge in [0.05, 0.1) is 11.4 Å². The van der Waals surface area contributed by atoms with Gasteiger partial charge in [0, 0.05) is 38.4 Å². The van der Waals surface area contributed by atoms with Crippen LogP contribution in [-0.4, -0.2) is 38.8 Å². The third kappa shape index (κ3) is 4.93. The number of carbonyl (C=O) groups excluding carboxylic acids is 1. The van der Waals surface area contributed by atoms with Gasteiger partial charge in [-0.2, -0.15) is 0 Å². The molecule has 0 aromatic heterocycles. The molecule has 0 radical (unpaired) electrons. The molecule has 1 aromatic carbocycles. The maximum Gasteiger partial charge on any atom is 0.251 e. The molecule has 0 bridgehead atoms. The quantitative estimate of drug-likeness (QED) is 0.644. The van der Waals surface area contributed by atoms with Crippen molar-refractivity contribution in [2.24, 2.45) is 0 Å². The lowest BCUT2D eigenvalue weighted by molar-refractivity contribution is 0.0940. The van der Waals surface area contributed by atoms with E-state index in [1.807, 2.05) is 18.2 Å². The molecule has 1 aliphatic rings. The van der Waals surface area contributed by atoms with Gasteiger partial charge in [0.15, 0.2) is 0 Å². The summed E-state index contributed by atoms with van der Waals surface area (Å²) < 4.78 is 5.47. The van der Waals surface area contributed by atoms with Gasteiger partial charge in [-0.25, -0.2) is 0 Å². The monoisotopic (exact) mass is 291 g/mol. The molecule has 3 N–H and O–H groups in total. The summed E-state index contributed by atoms with van der Waals surface area (Å²) in [7, 11) is 0. The van der Waals surface area contributed by atoms with E-state index >= 15 is 0 Å². The highest BCUT2D eigenvalue weighted by atomic mass is 16.5. The Balaban J connectivity index is 1.71. The van der Waals surface area contributed by atoms with E-state index in [-0.39, 0.29) is 5.91 Å². The number of unbranched alkanes of at least 4 members (excludes halogenated alkanes) is 1. The fourth-order valence-electron chi connectivity index (χ4n) is 2.21. The second-order valence-corrected chi connectivity index (χ2v) is 5.19. The highest BCUT2D eigenvalue weighted by Gasteiger charge is 2.11. The Bertz CT molecular complexity index is 463. The van der Waals surface area contributed by atoms with Crippen LogP contribution in [0.3, 0.4) is 0 Å². The summed E-state index contributed by atoms with van der Waals surface area (Å²) in [6, 6.07) is 5.70. The van der Waals surface area contributed by atoms with Crippen molar-refractivity contribution in [3.05, 3.63) is 23.8 Å². The van der Waals surface area contributed by atoms with Crippen LogP contribution < -0.4 is 16.0 Å². The van der Waals surface area contributed by atoms with Crippen molar-refractivity contribution < 1.29 is 9.53 Å². The van der Waals surface area contributed by atoms with Crippen molar-refractivity contribution in [1.29, 1.82) is 0 Å². The van der Waals surface area contributed by atoms with Gasteiger partial charge in [0.25, 0.3) is 5.91 Å². The van der Waals surface area contributed by atoms with Crippen molar-refractivity contribution >= 4 is 17.3 Å². The molecule has 21 heavy (non-hydrogen) atoms. The number of rotatable bonds is 8. The van der Waals surface area contributed by atoms with E-state index in [9.17, 15) is 4.79 Å². The van der Waals surface area contributed by atoms with Crippen LogP contribution in [0.4, 0.5) is 11.4 Å². The molecule has 5 nitrogen and oxygen atoms in total. The number of ether oxygens (including phenoxy) is 1. The minimum atomic E-state index is -0.0290. The minimum absolute atomic E-state index is 0.0290. The second kappa shape index (κ2) is 8.52. The molecular weight excluding hydrogens is 266 g/mol. The van der Waals surface area contributed by atoms with Crippen molar-refractivity contribution in [1.82, 2.24) is 5.32 Å². The van der Waals surface area contributed by atoms with E-state index in [4.69, 9.17) is 4.74 Å². The zero-order valence-corrected chi connectivity index (χ0v) is 12.7. The molecule has 116 valence electrons. The predicted molar refractivity (Wildman–Crippen MR) is 86.1 cm³/mol. The molecule has 0 saturated heterocycles. The molecule has 0 unspecified atom stereocenters. The highest BCUT2D eigenvalue weighted by Crippen LogP contribution is 2.25. The summed E-state index contributed by atoms with van der Waals surface area (Å²) in [6.07, 6.45) is 3.10. The normalized spacial score (nSPS) is 13.0. The van der Waals surface area contributed by atoms with Crippen LogP contribution in [0.5, 0.6) is 0 Å². The van der Waals surface area contributed by atoms with Crippen molar-refractivity contribution in [2.45, 2.75) is 26.2 Å². The predicted octanol–water partition coefficient (Wildman–Crippen LogP) is 2.46. The molecule has 5 heteroatoms. The van der Waals surface area contributed by atoms with Gasteiger partial charge in [0.2, 0.25) is 0 Å². The molecule has 2 rings (SSSR count). The van der Waals surface area contributed by atoms with Crippen LogP contribution in [0.25, 0.3) is 0 Å². The van der Waals surface area contributed by atoms with E-state index in [2.05, 4.69) is 22.9 Å². The number of benzene rings is 1. The zero-order chi connectivity index (χ0) is 14.9. The first kappa shape index (κ1) is 15.6. The molecular formula is C16H25N3O2. The van der Waals surface area contributed by atoms with Gasteiger partial charge in [-0.15, -0.1) is 0 Å². The number of carbonyl (C=O) groups is 1. The largest absolute Gasteiger partial charge is 0.382 e. The summed E-state index contributed by atoms with van der Waals surface area (Å²) in [6.45, 7) is 6.11. The first-order valence-corrected chi connectivity index (χ1v) is 7.79. The summed E-state index contributed by atoms with van der Waals surface area (Å²) in [5.41, 5.74) is 2.75. The van der Waals surface area contributed by atoms with E-state index in [0.29, 0.717) is 18.7 Å². The van der Waals surface area contributed by atoms with Gasteiger partial charge >= 0.3 is 0 Å². The molecule has 0 spiro atoms. The fraction of sp³-hybridized carbons (Fsp3) is 0.562. The Labute approximate surface area is 126 Å². The number of amides is 1. The van der Waals surface area contributed by atoms with E-state index in [1.54, 1.807) is 0 Å². The van der Waals surface area contributed by atoms with Crippen LogP contribution in [0.2, 0.25) is 0 Å². The molecule has 0 atom stereocenters. The number of fused-ring (bicyclic) bond motifs is 1. The number of anilines is 2. The summed E-state index contributed by atoms with van der Waals surface area (Å²) >= 11 is 0. The van der Waals surface area contributed by atoms with Gasteiger partial charge in [-0.3, -0.25) is 4.79 Å². The third-order valence-electron chi connectivity index (χ3n) is 3.43. The average Bonchev–Trinajstić information content (AvgIpc) is 2.53. The highest BCUT2D eigenvalue weighted by molar-refractivity contribution is 5.96. The Morgan fingerprint density at radius 2 is 1.95 bits per heavy atom. The molecule has 1 heterocycles. The van der Waals surface area contributed by atoms with Crippen LogP contribution >= 0.6 is 0 Å². The first-order chi connectivity index (χ1) is 10.3. The Kier molecular flexibility index (Phi) is 6.34. The second-order valence-electron chi connectivity index (χ2n) is 5.19. The number of nitrogens with one attached hydrogen (secondary N) is 3. The summed E-state index contributed by atoms with van der Waals surface area (Å²) in [4.78, 5) is 12.1. The topological polar surface area (TPSA) is 62.4 Å². The van der Waals surface area contributed by atoms with Gasteiger partial charge in [-0.1, -0.05) is 13.3 Å². The first-order valence-electron chi connectivity index (χ1n) is 7.79. The summed E-state index contributed by atoms with van der Waals surface area (Å²) in [5.74, 6) is -0.0290. The smallest absolute Gasteiger partial charge is 0.251 e. The van der Waals surface area contributed by atoms with Crippen LogP contribution in [-0.2, 0) is 4.74 Å². The molecule has 1 aromatic rings. The average molecular weight is 291 g/mol. The Morgan fingerprint density at radius 3 is 2.76 bits per heavy atom. The van der Waals surface area contributed by atoms with Crippen LogP contribution in [0, 0.1) is 0 Å². The van der Waals surface area contributed by atoms with E-state index < -0.39 is 0 Å². The van der Waals surface area contributed by atoms with Crippen LogP contribution in [0.1, 0.15) is 36.5 Å². The summed E-state index contributed by atoms with van der Waals surface area (Å²) in [5, 5.41) is 9.52. The van der Waals surface area contributed by atoms with Gasteiger partial charge in [-0.05, 0) is 31.0 Å². The lowest BCUT2D eigenvalue weighted by atomic mass is 10.1. The van der Waals surface area contributed by atoms with Crippen LogP contribution in [0.15, 0.2) is 18.2 Å². The lowest BCUT2D eigenvalue weighted by Gasteiger charge is -2.20. The zero-order valence-electron chi connectivity index (χ0n) is 12.7. The van der Waals surface area contributed by atoms with Crippen molar-refractivity contribution in [3.63, 3.8) is 0 Å². The Morgan fingerprint density at radius 1 is 1.19 bits per heavy atom. The van der Waals surface area contributed by atoms with Crippen molar-refractivity contribution in [3.8, 4) is 0 Å². The standard InChI is InChI=1S/C16H25N3O2/c1-2-3-10-21-11-4-7-19-16(20)13-5-6-14-15(12-13)18-9-8-17-14/h5-6,12,17-18H,2-4,7-11H2,1H3,(H,19,20). The number of hydrogen-bond donors (Lipinski definition) is 3. The third-order valence-corrected chi connectivity index (χ3v) is 3.43. The molecule has 0 saturated carbocycles. The SMILES string of the molecule is CCCCOCCCNC(=O)c1ccc2c(c1)NCCN2. The maximum absolute atomic E-state index is 12.1. The number of hydrogen-bond acceptors (Lipinski definition) is 4. The van der Waals surface area contributed by atoms with Gasteiger partial charge in [0.1, 0.15) is 0 Å².